The summed E-state index contributed by atoms with van der Waals surface area (Å²) in [4.78, 5) is 0. The van der Waals surface area contributed by atoms with Crippen molar-refractivity contribution in [2.45, 2.75) is 65.6 Å². The van der Waals surface area contributed by atoms with Gasteiger partial charge in [-0.05, 0) is 39.3 Å². The van der Waals surface area contributed by atoms with Gasteiger partial charge >= 0.3 is 0 Å². The van der Waals surface area contributed by atoms with Gasteiger partial charge < -0.3 is 10.1 Å². The maximum Gasteiger partial charge on any atom is 0.0784 e. The zero-order chi connectivity index (χ0) is 14.1. The van der Waals surface area contributed by atoms with E-state index < -0.39 is 0 Å². The van der Waals surface area contributed by atoms with Crippen LogP contribution >= 0.6 is 0 Å². The average molecular weight is 267 g/mol. The summed E-state index contributed by atoms with van der Waals surface area (Å²) in [7, 11) is 0. The highest BCUT2D eigenvalue weighted by molar-refractivity contribution is 5.09. The summed E-state index contributed by atoms with van der Waals surface area (Å²) in [6, 6.07) is 2.35. The second-order valence-corrected chi connectivity index (χ2v) is 4.79. The number of nitrogens with one attached hydrogen (secondary N) is 1. The van der Waals surface area contributed by atoms with Crippen LogP contribution in [-0.2, 0) is 11.3 Å². The van der Waals surface area contributed by atoms with Crippen LogP contribution in [0.4, 0.5) is 0 Å². The zero-order valence-electron chi connectivity index (χ0n) is 12.9. The Kier molecular flexibility index (Phi) is 7.75. The summed E-state index contributed by atoms with van der Waals surface area (Å²) in [6.45, 7) is 11.3. The van der Waals surface area contributed by atoms with Crippen LogP contribution in [0.2, 0.25) is 0 Å². The van der Waals surface area contributed by atoms with Crippen molar-refractivity contribution in [3.63, 3.8) is 0 Å². The summed E-state index contributed by atoms with van der Waals surface area (Å²) >= 11 is 0. The first kappa shape index (κ1) is 16.2. The number of aromatic nitrogens is 2. The molecule has 2 unspecified atom stereocenters. The molecule has 0 saturated carbocycles. The van der Waals surface area contributed by atoms with Gasteiger partial charge in [-0.2, -0.15) is 5.10 Å². The van der Waals surface area contributed by atoms with Crippen molar-refractivity contribution in [2.24, 2.45) is 0 Å². The van der Waals surface area contributed by atoms with Crippen LogP contribution in [-0.4, -0.2) is 29.0 Å². The summed E-state index contributed by atoms with van der Waals surface area (Å²) in [5.41, 5.74) is 1.24. The average Bonchev–Trinajstić information content (AvgIpc) is 2.88. The predicted molar refractivity (Wildman–Crippen MR) is 79.3 cm³/mol. The molecule has 2 atom stereocenters. The minimum atomic E-state index is 0.226. The van der Waals surface area contributed by atoms with E-state index in [0.29, 0.717) is 0 Å². The Morgan fingerprint density at radius 1 is 1.26 bits per heavy atom. The quantitative estimate of drug-likeness (QED) is 0.708. The van der Waals surface area contributed by atoms with Crippen molar-refractivity contribution in [1.29, 1.82) is 0 Å². The fourth-order valence-corrected chi connectivity index (χ4v) is 2.44. The molecule has 0 aromatic carbocycles. The highest BCUT2D eigenvalue weighted by Gasteiger charge is 2.25. The van der Waals surface area contributed by atoms with Gasteiger partial charge in [-0.15, -0.1) is 0 Å². The molecule has 4 nitrogen and oxygen atoms in total. The predicted octanol–water partition coefficient (Wildman–Crippen LogP) is 3.15. The lowest BCUT2D eigenvalue weighted by molar-refractivity contribution is 0.0254. The van der Waals surface area contributed by atoms with E-state index in [9.17, 15) is 0 Å². The number of rotatable bonds is 10. The molecule has 1 N–H and O–H groups in total. The number of aryl methyl sites for hydroxylation is 1. The molecular weight excluding hydrogens is 238 g/mol. The fourth-order valence-electron chi connectivity index (χ4n) is 2.44. The van der Waals surface area contributed by atoms with E-state index in [4.69, 9.17) is 4.74 Å². The molecule has 19 heavy (non-hydrogen) atoms. The maximum absolute atomic E-state index is 5.96. The second-order valence-electron chi connectivity index (χ2n) is 4.79. The van der Waals surface area contributed by atoms with Crippen molar-refractivity contribution in [3.8, 4) is 0 Å². The van der Waals surface area contributed by atoms with E-state index in [1.54, 1.807) is 0 Å². The minimum absolute atomic E-state index is 0.226. The van der Waals surface area contributed by atoms with Crippen molar-refractivity contribution in [1.82, 2.24) is 15.1 Å². The minimum Gasteiger partial charge on any atom is -0.376 e. The number of nitrogens with zero attached hydrogens (tertiary/aromatic N) is 2. The van der Waals surface area contributed by atoms with E-state index in [0.717, 1.165) is 39.0 Å². The Morgan fingerprint density at radius 2 is 2.05 bits per heavy atom. The smallest absolute Gasteiger partial charge is 0.0784 e. The molecule has 0 aliphatic carbocycles. The van der Waals surface area contributed by atoms with Gasteiger partial charge in [0.15, 0.2) is 0 Å². The Balaban J connectivity index is 2.90. The Labute approximate surface area is 117 Å². The van der Waals surface area contributed by atoms with Gasteiger partial charge in [-0.3, -0.25) is 4.68 Å². The van der Waals surface area contributed by atoms with Crippen molar-refractivity contribution in [3.05, 3.63) is 18.0 Å². The van der Waals surface area contributed by atoms with Gasteiger partial charge in [0.2, 0.25) is 0 Å². The van der Waals surface area contributed by atoms with Gasteiger partial charge in [0, 0.05) is 19.3 Å². The van der Waals surface area contributed by atoms with Crippen LogP contribution in [0.3, 0.4) is 0 Å². The largest absolute Gasteiger partial charge is 0.376 e. The van der Waals surface area contributed by atoms with Crippen molar-refractivity contribution in [2.75, 3.05) is 13.2 Å². The van der Waals surface area contributed by atoms with Crippen LogP contribution in [0.15, 0.2) is 12.3 Å². The lowest BCUT2D eigenvalue weighted by Gasteiger charge is -2.28. The van der Waals surface area contributed by atoms with Crippen LogP contribution in [0.5, 0.6) is 0 Å². The van der Waals surface area contributed by atoms with Gasteiger partial charge in [-0.25, -0.2) is 0 Å². The van der Waals surface area contributed by atoms with Gasteiger partial charge in [0.05, 0.1) is 17.8 Å². The summed E-state index contributed by atoms with van der Waals surface area (Å²) in [6.07, 6.45) is 5.44. The molecule has 0 amide bonds. The Morgan fingerprint density at radius 3 is 2.63 bits per heavy atom. The first-order chi connectivity index (χ1) is 9.28. The second kappa shape index (κ2) is 9.10. The summed E-state index contributed by atoms with van der Waals surface area (Å²) < 4.78 is 8.03. The first-order valence-electron chi connectivity index (χ1n) is 7.65. The molecule has 0 saturated heterocycles. The zero-order valence-corrected chi connectivity index (χ0v) is 12.9. The molecular formula is C15H29N3O. The number of ether oxygens (including phenoxy) is 1. The van der Waals surface area contributed by atoms with E-state index in [1.165, 1.54) is 5.69 Å². The number of hydrogen-bond acceptors (Lipinski definition) is 3. The molecule has 1 aromatic rings. The normalized spacial score (nSPS) is 14.5. The SMILES string of the molecule is CCCNC(c1ccnn1CC)C(CCC)OCC. The lowest BCUT2D eigenvalue weighted by Crippen LogP contribution is -2.36. The van der Waals surface area contributed by atoms with E-state index in [-0.39, 0.29) is 12.1 Å². The molecule has 0 spiro atoms. The molecule has 1 rings (SSSR count). The maximum atomic E-state index is 5.96. The molecule has 110 valence electrons. The molecule has 0 radical (unpaired) electrons. The molecule has 0 aliphatic heterocycles. The van der Waals surface area contributed by atoms with Crippen LogP contribution in [0, 0.1) is 0 Å². The van der Waals surface area contributed by atoms with E-state index >= 15 is 0 Å². The van der Waals surface area contributed by atoms with Crippen LogP contribution < -0.4 is 5.32 Å². The van der Waals surface area contributed by atoms with Gasteiger partial charge in [-0.1, -0.05) is 20.3 Å². The van der Waals surface area contributed by atoms with Crippen LogP contribution in [0.25, 0.3) is 0 Å². The third-order valence-corrected chi connectivity index (χ3v) is 3.31. The topological polar surface area (TPSA) is 39.1 Å². The van der Waals surface area contributed by atoms with E-state index in [2.05, 4.69) is 48.9 Å². The van der Waals surface area contributed by atoms with Crippen molar-refractivity contribution >= 4 is 0 Å². The molecule has 0 aliphatic rings. The monoisotopic (exact) mass is 267 g/mol. The first-order valence-corrected chi connectivity index (χ1v) is 7.65. The lowest BCUT2D eigenvalue weighted by atomic mass is 10.0. The summed E-state index contributed by atoms with van der Waals surface area (Å²) in [5, 5.41) is 8.02. The van der Waals surface area contributed by atoms with E-state index in [1.807, 2.05) is 6.20 Å². The molecule has 0 fully saturated rings. The third kappa shape index (κ3) is 4.62. The Hall–Kier alpha value is -0.870. The van der Waals surface area contributed by atoms with Gasteiger partial charge in [0.25, 0.3) is 0 Å². The summed E-state index contributed by atoms with van der Waals surface area (Å²) in [5.74, 6) is 0. The molecule has 1 aromatic heterocycles. The Bertz CT molecular complexity index is 332. The fraction of sp³-hybridized carbons (Fsp3) is 0.800. The standard InChI is InChI=1S/C15H29N3O/c1-5-9-14(19-8-4)15(16-11-6-2)13-10-12-17-18(13)7-3/h10,12,14-16H,5-9,11H2,1-4H3. The highest BCUT2D eigenvalue weighted by atomic mass is 16.5. The van der Waals surface area contributed by atoms with Gasteiger partial charge in [0.1, 0.15) is 0 Å². The third-order valence-electron chi connectivity index (χ3n) is 3.31. The molecule has 1 heterocycles. The molecule has 4 heteroatoms. The van der Waals surface area contributed by atoms with Crippen LogP contribution in [0.1, 0.15) is 58.7 Å². The molecule has 0 bridgehead atoms. The highest BCUT2D eigenvalue weighted by Crippen LogP contribution is 2.23. The number of hydrogen-bond donors (Lipinski definition) is 1. The van der Waals surface area contributed by atoms with Crippen molar-refractivity contribution < 1.29 is 4.74 Å².